The maximum atomic E-state index is 6.40. The summed E-state index contributed by atoms with van der Waals surface area (Å²) in [6.07, 6.45) is 1.07. The molecule has 18 heavy (non-hydrogen) atoms. The van der Waals surface area contributed by atoms with Crippen LogP contribution in [0.25, 0.3) is 0 Å². The summed E-state index contributed by atoms with van der Waals surface area (Å²) in [6.45, 7) is 18.2. The molecule has 0 aromatic heterocycles. The molecule has 0 radical (unpaired) electrons. The van der Waals surface area contributed by atoms with Crippen molar-refractivity contribution < 1.29 is 4.43 Å². The van der Waals surface area contributed by atoms with Crippen molar-refractivity contribution in [1.82, 2.24) is 0 Å². The molecule has 0 aliphatic heterocycles. The van der Waals surface area contributed by atoms with Crippen LogP contribution >= 0.6 is 15.9 Å². The molecular weight excluding hydrogens is 320 g/mol. The van der Waals surface area contributed by atoms with Crippen molar-refractivity contribution in [1.29, 1.82) is 0 Å². The number of halogens is 1. The third kappa shape index (κ3) is 7.13. The van der Waals surface area contributed by atoms with E-state index in [4.69, 9.17) is 4.43 Å². The number of hydrogen-bond acceptors (Lipinski definition) is 1. The second kappa shape index (κ2) is 6.74. The molecule has 0 aliphatic rings. The average Bonchev–Trinajstić information content (AvgIpc) is 2.11. The van der Waals surface area contributed by atoms with E-state index in [1.165, 1.54) is 0 Å². The van der Waals surface area contributed by atoms with Crippen molar-refractivity contribution in [2.24, 2.45) is 0 Å². The summed E-state index contributed by atoms with van der Waals surface area (Å²) in [7, 11) is -3.02. The molecule has 0 heterocycles. The second-order valence-corrected chi connectivity index (χ2v) is 17.7. The first-order chi connectivity index (χ1) is 7.89. The predicted molar refractivity (Wildman–Crippen MR) is 91.6 cm³/mol. The van der Waals surface area contributed by atoms with Crippen molar-refractivity contribution in [3.05, 3.63) is 0 Å². The van der Waals surface area contributed by atoms with Crippen LogP contribution in [0.3, 0.4) is 0 Å². The molecule has 4 heteroatoms. The van der Waals surface area contributed by atoms with Gasteiger partial charge < -0.3 is 4.43 Å². The van der Waals surface area contributed by atoms with Crippen molar-refractivity contribution in [3.8, 4) is 11.5 Å². The molecule has 0 bridgehead atoms. The first-order valence-corrected chi connectivity index (χ1v) is 14.2. The van der Waals surface area contributed by atoms with Gasteiger partial charge in [0, 0.05) is 5.33 Å². The zero-order valence-corrected chi connectivity index (χ0v) is 16.9. The van der Waals surface area contributed by atoms with Crippen LogP contribution in [0.15, 0.2) is 0 Å². The molecule has 0 saturated carbocycles. The zero-order valence-electron chi connectivity index (χ0n) is 13.3. The minimum Gasteiger partial charge on any atom is -0.403 e. The van der Waals surface area contributed by atoms with E-state index in [-0.39, 0.29) is 11.1 Å². The molecule has 106 valence electrons. The fourth-order valence-corrected chi connectivity index (χ4v) is 3.34. The normalized spacial score (nSPS) is 14.9. The lowest BCUT2D eigenvalue weighted by molar-refractivity contribution is 0.231. The Labute approximate surface area is 124 Å². The minimum absolute atomic E-state index is 0.0944. The molecule has 1 nitrogen and oxygen atoms in total. The highest BCUT2D eigenvalue weighted by Crippen LogP contribution is 2.37. The van der Waals surface area contributed by atoms with Crippen LogP contribution in [0.2, 0.25) is 37.8 Å². The van der Waals surface area contributed by atoms with E-state index in [9.17, 15) is 0 Å². The summed E-state index contributed by atoms with van der Waals surface area (Å²) in [6, 6.07) is 0. The number of hydrogen-bond donors (Lipinski definition) is 0. The van der Waals surface area contributed by atoms with Gasteiger partial charge in [0.2, 0.25) is 0 Å². The zero-order chi connectivity index (χ0) is 14.6. The van der Waals surface area contributed by atoms with Crippen molar-refractivity contribution in [2.75, 3.05) is 5.33 Å². The minimum atomic E-state index is -1.71. The molecule has 0 fully saturated rings. The van der Waals surface area contributed by atoms with Gasteiger partial charge in [0.15, 0.2) is 8.32 Å². The Morgan fingerprint density at radius 1 is 1.11 bits per heavy atom. The largest absolute Gasteiger partial charge is 0.403 e. The topological polar surface area (TPSA) is 9.23 Å². The van der Waals surface area contributed by atoms with Gasteiger partial charge in [-0.05, 0) is 24.6 Å². The van der Waals surface area contributed by atoms with Gasteiger partial charge in [-0.2, -0.15) is 0 Å². The van der Waals surface area contributed by atoms with Crippen LogP contribution in [0.1, 0.15) is 27.2 Å². The highest BCUT2D eigenvalue weighted by atomic mass is 79.9. The summed E-state index contributed by atoms with van der Waals surface area (Å²) in [5.74, 6) is 3.38. The average molecular weight is 349 g/mol. The Hall–Kier alpha value is 0.434. The lowest BCUT2D eigenvalue weighted by Crippen LogP contribution is -2.43. The molecule has 0 N–H and O–H groups in total. The van der Waals surface area contributed by atoms with Gasteiger partial charge >= 0.3 is 0 Å². The molecular formula is C14H29BrOSi2. The van der Waals surface area contributed by atoms with E-state index in [2.05, 4.69) is 80.9 Å². The highest BCUT2D eigenvalue weighted by molar-refractivity contribution is 9.09. The van der Waals surface area contributed by atoms with Crippen LogP contribution in [-0.2, 0) is 4.43 Å². The van der Waals surface area contributed by atoms with Gasteiger partial charge in [0.05, 0.1) is 0 Å². The summed E-state index contributed by atoms with van der Waals surface area (Å²) in [5, 5.41) is 1.20. The van der Waals surface area contributed by atoms with Gasteiger partial charge in [0.25, 0.3) is 0 Å². The lowest BCUT2D eigenvalue weighted by Gasteiger charge is -2.38. The summed E-state index contributed by atoms with van der Waals surface area (Å²) < 4.78 is 6.40. The molecule has 0 unspecified atom stereocenters. The number of alkyl halides is 1. The second-order valence-electron chi connectivity index (χ2n) is 7.36. The first kappa shape index (κ1) is 18.4. The maximum Gasteiger partial charge on any atom is 0.193 e. The van der Waals surface area contributed by atoms with Crippen LogP contribution in [0.4, 0.5) is 0 Å². The van der Waals surface area contributed by atoms with E-state index in [0.717, 1.165) is 11.8 Å². The quantitative estimate of drug-likeness (QED) is 0.392. The Kier molecular flexibility index (Phi) is 6.90. The van der Waals surface area contributed by atoms with Crippen LogP contribution < -0.4 is 0 Å². The van der Waals surface area contributed by atoms with Crippen molar-refractivity contribution >= 4 is 32.3 Å². The highest BCUT2D eigenvalue weighted by Gasteiger charge is 2.38. The molecule has 0 saturated heterocycles. The third-order valence-corrected chi connectivity index (χ3v) is 9.06. The molecule has 0 spiro atoms. The smallest absolute Gasteiger partial charge is 0.193 e. The summed E-state index contributed by atoms with van der Waals surface area (Å²) >= 11 is 3.51. The van der Waals surface area contributed by atoms with Gasteiger partial charge in [-0.15, -0.1) is 5.54 Å². The number of rotatable bonds is 4. The maximum absolute atomic E-state index is 6.40. The van der Waals surface area contributed by atoms with Crippen molar-refractivity contribution in [2.45, 2.75) is 71.1 Å². The van der Waals surface area contributed by atoms with Gasteiger partial charge in [-0.3, -0.25) is 0 Å². The summed E-state index contributed by atoms with van der Waals surface area (Å²) in [4.78, 5) is 0. The van der Waals surface area contributed by atoms with Gasteiger partial charge in [-0.1, -0.05) is 62.3 Å². The molecule has 0 aromatic rings. The van der Waals surface area contributed by atoms with Gasteiger partial charge in [0.1, 0.15) is 14.2 Å². The predicted octanol–water partition coefficient (Wildman–Crippen LogP) is 5.04. The van der Waals surface area contributed by atoms with E-state index < -0.39 is 16.4 Å². The SMILES string of the molecule is CC(C)(C)[Si](C)(C)O[C@H](C#C[Si](C)(C)C)CCBr. The van der Waals surface area contributed by atoms with Crippen LogP contribution in [-0.4, -0.2) is 27.8 Å². The van der Waals surface area contributed by atoms with E-state index in [0.29, 0.717) is 0 Å². The monoisotopic (exact) mass is 348 g/mol. The molecule has 0 aliphatic carbocycles. The van der Waals surface area contributed by atoms with E-state index in [1.54, 1.807) is 0 Å². The standard InChI is InChI=1S/C14H29BrOSi2/c1-14(2,3)18(7,8)16-13(9-11-15)10-12-17(4,5)6/h13H,9,11H2,1-8H3/t13-/m0/s1. The molecule has 0 aromatic carbocycles. The Morgan fingerprint density at radius 2 is 1.61 bits per heavy atom. The van der Waals surface area contributed by atoms with Gasteiger partial charge in [-0.25, -0.2) is 0 Å². The molecule has 0 amide bonds. The summed E-state index contributed by atoms with van der Waals surface area (Å²) in [5.41, 5.74) is 3.45. The molecule has 1 atom stereocenters. The lowest BCUT2D eigenvalue weighted by atomic mass is 10.2. The van der Waals surface area contributed by atoms with E-state index >= 15 is 0 Å². The van der Waals surface area contributed by atoms with Crippen LogP contribution in [0.5, 0.6) is 0 Å². The fourth-order valence-electron chi connectivity index (χ4n) is 1.09. The Morgan fingerprint density at radius 3 is 1.94 bits per heavy atom. The Bertz CT molecular complexity index is 315. The fraction of sp³-hybridized carbons (Fsp3) is 0.857. The third-order valence-electron chi connectivity index (χ3n) is 3.22. The Balaban J connectivity index is 4.88. The first-order valence-electron chi connectivity index (χ1n) is 6.65. The van der Waals surface area contributed by atoms with E-state index in [1.807, 2.05) is 0 Å². The molecule has 0 rings (SSSR count). The van der Waals surface area contributed by atoms with Crippen molar-refractivity contribution in [3.63, 3.8) is 0 Å². The van der Waals surface area contributed by atoms with Crippen LogP contribution in [0, 0.1) is 11.5 Å².